The second-order valence-corrected chi connectivity index (χ2v) is 6.51. The second-order valence-electron chi connectivity index (χ2n) is 6.51. The van der Waals surface area contributed by atoms with Crippen LogP contribution in [0.2, 0.25) is 0 Å². The average Bonchev–Trinajstić information content (AvgIpc) is 3.19. The van der Waals surface area contributed by atoms with Gasteiger partial charge in [0.1, 0.15) is 5.69 Å². The summed E-state index contributed by atoms with van der Waals surface area (Å²) in [6, 6.07) is 12.8. The standard InChI is InChI=1S/C18H22N4O/c23-18(20-17-11-15(17)13-5-2-1-3-6-13)16-8-10-22(21-16)14-7-4-9-19-12-14/h1-3,5-6,8,10,14-15,17,19H,4,7,9,11-12H2,(H,20,23). The molecule has 5 nitrogen and oxygen atoms in total. The number of amides is 1. The van der Waals surface area contributed by atoms with E-state index in [2.05, 4.69) is 27.9 Å². The van der Waals surface area contributed by atoms with E-state index in [1.165, 1.54) is 5.56 Å². The van der Waals surface area contributed by atoms with E-state index in [1.54, 1.807) is 0 Å². The lowest BCUT2D eigenvalue weighted by Gasteiger charge is -2.22. The molecule has 1 saturated carbocycles. The van der Waals surface area contributed by atoms with Gasteiger partial charge >= 0.3 is 0 Å². The monoisotopic (exact) mass is 310 g/mol. The molecule has 1 aliphatic heterocycles. The number of piperidine rings is 1. The van der Waals surface area contributed by atoms with Crippen molar-refractivity contribution in [3.8, 4) is 0 Å². The molecule has 3 atom stereocenters. The van der Waals surface area contributed by atoms with Crippen molar-refractivity contribution >= 4 is 5.91 Å². The van der Waals surface area contributed by atoms with Gasteiger partial charge in [-0.1, -0.05) is 30.3 Å². The van der Waals surface area contributed by atoms with Gasteiger partial charge in [0, 0.05) is 24.7 Å². The Morgan fingerprint density at radius 1 is 1.26 bits per heavy atom. The maximum absolute atomic E-state index is 12.4. The van der Waals surface area contributed by atoms with Gasteiger partial charge in [-0.15, -0.1) is 0 Å². The molecule has 23 heavy (non-hydrogen) atoms. The molecule has 1 saturated heterocycles. The number of aromatic nitrogens is 2. The maximum atomic E-state index is 12.4. The summed E-state index contributed by atoms with van der Waals surface area (Å²) in [4.78, 5) is 12.4. The Bertz CT molecular complexity index is 675. The Hall–Kier alpha value is -2.14. The first-order chi connectivity index (χ1) is 11.3. The van der Waals surface area contributed by atoms with Crippen molar-refractivity contribution in [2.75, 3.05) is 13.1 Å². The topological polar surface area (TPSA) is 59.0 Å². The highest BCUT2D eigenvalue weighted by molar-refractivity contribution is 5.92. The zero-order valence-corrected chi connectivity index (χ0v) is 13.1. The van der Waals surface area contributed by atoms with Crippen molar-refractivity contribution in [2.45, 2.75) is 37.3 Å². The summed E-state index contributed by atoms with van der Waals surface area (Å²) in [6.45, 7) is 2.01. The summed E-state index contributed by atoms with van der Waals surface area (Å²) in [7, 11) is 0. The molecule has 2 N–H and O–H groups in total. The number of carbonyl (C=O) groups excluding carboxylic acids is 1. The van der Waals surface area contributed by atoms with Gasteiger partial charge in [-0.25, -0.2) is 0 Å². The highest BCUT2D eigenvalue weighted by atomic mass is 16.2. The number of nitrogens with one attached hydrogen (secondary N) is 2. The summed E-state index contributed by atoms with van der Waals surface area (Å²) < 4.78 is 1.93. The Balaban J connectivity index is 1.36. The molecule has 2 fully saturated rings. The van der Waals surface area contributed by atoms with Crippen molar-refractivity contribution in [2.24, 2.45) is 0 Å². The van der Waals surface area contributed by atoms with Crippen LogP contribution in [-0.4, -0.2) is 34.8 Å². The third kappa shape index (κ3) is 3.15. The number of benzene rings is 1. The van der Waals surface area contributed by atoms with Crippen molar-refractivity contribution in [1.29, 1.82) is 0 Å². The lowest BCUT2D eigenvalue weighted by Crippen LogP contribution is -2.32. The fraction of sp³-hybridized carbons (Fsp3) is 0.444. The lowest BCUT2D eigenvalue weighted by atomic mass is 10.1. The molecule has 120 valence electrons. The van der Waals surface area contributed by atoms with Crippen molar-refractivity contribution in [3.63, 3.8) is 0 Å². The molecule has 3 unspecified atom stereocenters. The molecule has 2 heterocycles. The quantitative estimate of drug-likeness (QED) is 0.909. The van der Waals surface area contributed by atoms with Crippen LogP contribution >= 0.6 is 0 Å². The summed E-state index contributed by atoms with van der Waals surface area (Å²) in [6.07, 6.45) is 5.22. The van der Waals surface area contributed by atoms with Crippen LogP contribution in [0.25, 0.3) is 0 Å². The van der Waals surface area contributed by atoms with E-state index in [4.69, 9.17) is 0 Å². The SMILES string of the molecule is O=C(NC1CC1c1ccccc1)c1ccn(C2CCCNC2)n1. The van der Waals surface area contributed by atoms with Gasteiger partial charge in [-0.2, -0.15) is 5.10 Å². The summed E-state index contributed by atoms with van der Waals surface area (Å²) in [5.74, 6) is 0.390. The number of carbonyl (C=O) groups is 1. The molecule has 2 aromatic rings. The Labute approximate surface area is 136 Å². The Morgan fingerprint density at radius 3 is 2.91 bits per heavy atom. The molecule has 1 aromatic carbocycles. The van der Waals surface area contributed by atoms with Gasteiger partial charge in [0.05, 0.1) is 6.04 Å². The molecule has 0 bridgehead atoms. The molecular formula is C18H22N4O. The van der Waals surface area contributed by atoms with E-state index in [0.29, 0.717) is 17.7 Å². The van der Waals surface area contributed by atoms with E-state index >= 15 is 0 Å². The van der Waals surface area contributed by atoms with Crippen LogP contribution in [0.3, 0.4) is 0 Å². The normalized spacial score (nSPS) is 26.7. The van der Waals surface area contributed by atoms with Crippen molar-refractivity contribution in [1.82, 2.24) is 20.4 Å². The van der Waals surface area contributed by atoms with Crippen LogP contribution in [-0.2, 0) is 0 Å². The van der Waals surface area contributed by atoms with Gasteiger partial charge in [-0.3, -0.25) is 9.48 Å². The number of nitrogens with zero attached hydrogens (tertiary/aromatic N) is 2. The van der Waals surface area contributed by atoms with Gasteiger partial charge < -0.3 is 10.6 Å². The first kappa shape index (κ1) is 14.5. The summed E-state index contributed by atoms with van der Waals surface area (Å²) in [5.41, 5.74) is 1.82. The lowest BCUT2D eigenvalue weighted by molar-refractivity contribution is 0.0944. The molecule has 5 heteroatoms. The minimum atomic E-state index is -0.0593. The van der Waals surface area contributed by atoms with E-state index < -0.39 is 0 Å². The fourth-order valence-corrected chi connectivity index (χ4v) is 3.39. The van der Waals surface area contributed by atoms with Crippen LogP contribution in [0.4, 0.5) is 0 Å². The van der Waals surface area contributed by atoms with Crippen molar-refractivity contribution in [3.05, 3.63) is 53.9 Å². The number of rotatable bonds is 4. The molecule has 0 spiro atoms. The molecule has 0 radical (unpaired) electrons. The van der Waals surface area contributed by atoms with Gasteiger partial charge in [-0.05, 0) is 37.4 Å². The van der Waals surface area contributed by atoms with E-state index in [-0.39, 0.29) is 11.9 Å². The minimum absolute atomic E-state index is 0.0593. The third-order valence-corrected chi connectivity index (χ3v) is 4.82. The molecule has 1 amide bonds. The molecule has 2 aliphatic rings. The molecular weight excluding hydrogens is 288 g/mol. The predicted molar refractivity (Wildman–Crippen MR) is 88.4 cm³/mol. The first-order valence-electron chi connectivity index (χ1n) is 8.43. The van der Waals surface area contributed by atoms with Crippen LogP contribution in [0.1, 0.15) is 47.3 Å². The van der Waals surface area contributed by atoms with E-state index in [9.17, 15) is 4.79 Å². The molecule has 1 aliphatic carbocycles. The van der Waals surface area contributed by atoms with Crippen molar-refractivity contribution < 1.29 is 4.79 Å². The number of hydrogen-bond donors (Lipinski definition) is 2. The molecule has 4 rings (SSSR count). The van der Waals surface area contributed by atoms with E-state index in [0.717, 1.165) is 32.4 Å². The first-order valence-corrected chi connectivity index (χ1v) is 8.43. The predicted octanol–water partition coefficient (Wildman–Crippen LogP) is 2.09. The van der Waals surface area contributed by atoms with Gasteiger partial charge in [0.2, 0.25) is 0 Å². The average molecular weight is 310 g/mol. The van der Waals surface area contributed by atoms with E-state index in [1.807, 2.05) is 35.1 Å². The van der Waals surface area contributed by atoms with Crippen LogP contribution in [0, 0.1) is 0 Å². The highest BCUT2D eigenvalue weighted by Crippen LogP contribution is 2.40. The second kappa shape index (κ2) is 6.16. The largest absolute Gasteiger partial charge is 0.347 e. The highest BCUT2D eigenvalue weighted by Gasteiger charge is 2.39. The Kier molecular flexibility index (Phi) is 3.87. The fourth-order valence-electron chi connectivity index (χ4n) is 3.39. The zero-order chi connectivity index (χ0) is 15.6. The maximum Gasteiger partial charge on any atom is 0.272 e. The van der Waals surface area contributed by atoms with Crippen LogP contribution in [0.15, 0.2) is 42.6 Å². The Morgan fingerprint density at radius 2 is 2.13 bits per heavy atom. The zero-order valence-electron chi connectivity index (χ0n) is 13.1. The third-order valence-electron chi connectivity index (χ3n) is 4.82. The van der Waals surface area contributed by atoms with Crippen LogP contribution in [0.5, 0.6) is 0 Å². The van der Waals surface area contributed by atoms with Gasteiger partial charge in [0.15, 0.2) is 0 Å². The molecule has 1 aromatic heterocycles. The van der Waals surface area contributed by atoms with Crippen LogP contribution < -0.4 is 10.6 Å². The summed E-state index contributed by atoms with van der Waals surface area (Å²) >= 11 is 0. The van der Waals surface area contributed by atoms with Gasteiger partial charge in [0.25, 0.3) is 5.91 Å². The smallest absolute Gasteiger partial charge is 0.272 e. The summed E-state index contributed by atoms with van der Waals surface area (Å²) in [5, 5.41) is 11.0. The minimum Gasteiger partial charge on any atom is -0.347 e. The number of hydrogen-bond acceptors (Lipinski definition) is 3.